The van der Waals surface area contributed by atoms with Gasteiger partial charge in [-0.25, -0.2) is 23.6 Å². The van der Waals surface area contributed by atoms with Gasteiger partial charge in [-0.15, -0.1) is 21.6 Å². The highest BCUT2D eigenvalue weighted by molar-refractivity contribution is 7.21. The van der Waals surface area contributed by atoms with Crippen LogP contribution in [0.25, 0.3) is 43.3 Å². The number of para-hydroxylation sites is 1. The molecule has 172 valence electrons. The van der Waals surface area contributed by atoms with Gasteiger partial charge in [0.15, 0.2) is 5.01 Å². The van der Waals surface area contributed by atoms with Gasteiger partial charge in [0.2, 0.25) is 11.4 Å². The minimum Gasteiger partial charge on any atom is -0.230 e. The highest BCUT2D eigenvalue weighted by atomic mass is 35.7. The molecular formula is C26H21ClN2O4S. The van der Waals surface area contributed by atoms with Crippen LogP contribution in [0.5, 0.6) is 0 Å². The van der Waals surface area contributed by atoms with Gasteiger partial charge in [0.1, 0.15) is 6.54 Å². The second-order valence-corrected chi connectivity index (χ2v) is 9.14. The molecular weight excluding hydrogens is 472 g/mol. The van der Waals surface area contributed by atoms with Crippen molar-refractivity contribution >= 4 is 21.6 Å². The lowest BCUT2D eigenvalue weighted by molar-refractivity contribution is -2.00. The van der Waals surface area contributed by atoms with Gasteiger partial charge in [0.25, 0.3) is 0 Å². The van der Waals surface area contributed by atoms with E-state index in [9.17, 15) is 0 Å². The first-order valence-electron chi connectivity index (χ1n) is 10.5. The normalized spacial score (nSPS) is 11.2. The molecule has 5 rings (SSSR count). The van der Waals surface area contributed by atoms with Crippen LogP contribution in [-0.2, 0) is 6.54 Å². The Balaban J connectivity index is 0.000000499. The smallest absolute Gasteiger partial charge is 0.230 e. The molecule has 2 heterocycles. The van der Waals surface area contributed by atoms with Crippen LogP contribution in [-0.4, -0.2) is 4.98 Å². The molecule has 0 atom stereocenters. The standard InChI is InChI=1S/C26H21N2S.ClHO4/c1-2-28-23(20-13-7-4-8-14-20)17-21(19-11-5-3-6-12-19)18-24(28)26-27-22-15-9-10-16-25(22)29-26;2-1(3,4)5/h3-18H,2H2,1H3;(H,2,3,4,5)/q+1;/p-1. The van der Waals surface area contributed by atoms with Crippen molar-refractivity contribution in [3.63, 3.8) is 0 Å². The van der Waals surface area contributed by atoms with E-state index in [2.05, 4.69) is 109 Å². The Labute approximate surface area is 203 Å². The number of nitrogens with zero attached hydrogens (tertiary/aromatic N) is 2. The van der Waals surface area contributed by atoms with E-state index in [1.165, 1.54) is 27.1 Å². The second-order valence-electron chi connectivity index (χ2n) is 7.36. The number of hydrogen-bond donors (Lipinski definition) is 0. The summed E-state index contributed by atoms with van der Waals surface area (Å²) < 4.78 is 37.6. The third-order valence-corrected chi connectivity index (χ3v) is 6.23. The SMILES string of the molecule is CC[n+]1c(-c2ccccc2)cc(-c2ccccc2)cc1-c1nc2ccccc2s1.[O-][Cl+3]([O-])([O-])[O-]. The van der Waals surface area contributed by atoms with Gasteiger partial charge in [-0.2, -0.15) is 4.57 Å². The molecule has 6 nitrogen and oxygen atoms in total. The lowest BCUT2D eigenvalue weighted by Crippen LogP contribution is -2.68. The highest BCUT2D eigenvalue weighted by Gasteiger charge is 2.23. The molecule has 0 aliphatic heterocycles. The Hall–Kier alpha value is -3.17. The molecule has 0 bridgehead atoms. The second kappa shape index (κ2) is 10.4. The van der Waals surface area contributed by atoms with Crippen molar-refractivity contribution in [2.24, 2.45) is 0 Å². The zero-order valence-electron chi connectivity index (χ0n) is 18.3. The monoisotopic (exact) mass is 492 g/mol. The van der Waals surface area contributed by atoms with Crippen molar-refractivity contribution in [2.75, 3.05) is 0 Å². The minimum atomic E-state index is -4.94. The lowest BCUT2D eigenvalue weighted by Gasteiger charge is -2.17. The maximum absolute atomic E-state index is 8.49. The first-order chi connectivity index (χ1) is 16.3. The zero-order chi connectivity index (χ0) is 24.1. The third-order valence-electron chi connectivity index (χ3n) is 5.17. The minimum absolute atomic E-state index is 0.880. The molecule has 0 fully saturated rings. The van der Waals surface area contributed by atoms with Crippen LogP contribution >= 0.6 is 11.3 Å². The number of fused-ring (bicyclic) bond motifs is 1. The molecule has 0 amide bonds. The van der Waals surface area contributed by atoms with Crippen LogP contribution in [0.3, 0.4) is 0 Å². The zero-order valence-corrected chi connectivity index (χ0v) is 19.8. The Morgan fingerprint density at radius 2 is 1.24 bits per heavy atom. The summed E-state index contributed by atoms with van der Waals surface area (Å²) in [4.78, 5) is 4.96. The Morgan fingerprint density at radius 1 is 0.706 bits per heavy atom. The van der Waals surface area contributed by atoms with Crippen LogP contribution in [0.1, 0.15) is 6.92 Å². The van der Waals surface area contributed by atoms with Gasteiger partial charge < -0.3 is 0 Å². The van der Waals surface area contributed by atoms with Crippen LogP contribution in [0.15, 0.2) is 97.1 Å². The summed E-state index contributed by atoms with van der Waals surface area (Å²) >= 11 is 1.76. The summed E-state index contributed by atoms with van der Waals surface area (Å²) in [6.45, 7) is 3.08. The number of hydrogen-bond acceptors (Lipinski definition) is 6. The van der Waals surface area contributed by atoms with E-state index in [1.807, 2.05) is 0 Å². The lowest BCUT2D eigenvalue weighted by atomic mass is 10.0. The van der Waals surface area contributed by atoms with E-state index in [0.717, 1.165) is 22.8 Å². The van der Waals surface area contributed by atoms with Crippen molar-refractivity contribution in [2.45, 2.75) is 13.5 Å². The summed E-state index contributed by atoms with van der Waals surface area (Å²) in [7, 11) is -4.94. The quantitative estimate of drug-likeness (QED) is 0.356. The molecule has 5 aromatic rings. The molecule has 0 saturated carbocycles. The summed E-state index contributed by atoms with van der Waals surface area (Å²) in [5.74, 6) is 0. The fraction of sp³-hybridized carbons (Fsp3) is 0.0769. The van der Waals surface area contributed by atoms with Gasteiger partial charge in [0.05, 0.1) is 10.2 Å². The molecule has 0 aliphatic carbocycles. The number of aromatic nitrogens is 2. The molecule has 0 radical (unpaired) electrons. The molecule has 3 aromatic carbocycles. The van der Waals surface area contributed by atoms with Gasteiger partial charge in [-0.3, -0.25) is 0 Å². The predicted molar refractivity (Wildman–Crippen MR) is 122 cm³/mol. The fourth-order valence-corrected chi connectivity index (χ4v) is 4.76. The average molecular weight is 493 g/mol. The van der Waals surface area contributed by atoms with Crippen molar-refractivity contribution in [1.29, 1.82) is 0 Å². The number of benzene rings is 3. The molecule has 8 heteroatoms. The van der Waals surface area contributed by atoms with Crippen LogP contribution < -0.4 is 23.2 Å². The molecule has 0 aliphatic rings. The highest BCUT2D eigenvalue weighted by Crippen LogP contribution is 2.33. The Kier molecular flexibility index (Phi) is 7.33. The number of pyridine rings is 1. The van der Waals surface area contributed by atoms with Crippen LogP contribution in [0.4, 0.5) is 0 Å². The van der Waals surface area contributed by atoms with E-state index in [4.69, 9.17) is 23.6 Å². The van der Waals surface area contributed by atoms with Crippen molar-refractivity contribution < 1.29 is 33.4 Å². The fourth-order valence-electron chi connectivity index (χ4n) is 3.77. The number of halogens is 1. The van der Waals surface area contributed by atoms with Crippen molar-refractivity contribution in [3.05, 3.63) is 97.1 Å². The van der Waals surface area contributed by atoms with Gasteiger partial charge in [-0.1, -0.05) is 60.7 Å². The van der Waals surface area contributed by atoms with E-state index < -0.39 is 10.2 Å². The van der Waals surface area contributed by atoms with Gasteiger partial charge in [0, 0.05) is 17.7 Å². The van der Waals surface area contributed by atoms with Crippen LogP contribution in [0.2, 0.25) is 0 Å². The molecule has 0 N–H and O–H groups in total. The first kappa shape index (κ1) is 24.0. The van der Waals surface area contributed by atoms with E-state index in [1.54, 1.807) is 11.3 Å². The van der Waals surface area contributed by atoms with E-state index >= 15 is 0 Å². The molecule has 34 heavy (non-hydrogen) atoms. The third kappa shape index (κ3) is 5.84. The average Bonchev–Trinajstić information content (AvgIpc) is 3.27. The molecule has 0 saturated heterocycles. The summed E-state index contributed by atoms with van der Waals surface area (Å²) in [6.07, 6.45) is 0. The van der Waals surface area contributed by atoms with E-state index in [0.29, 0.717) is 0 Å². The molecule has 0 spiro atoms. The summed E-state index contributed by atoms with van der Waals surface area (Å²) in [5, 5.41) is 1.06. The topological polar surface area (TPSA) is 109 Å². The summed E-state index contributed by atoms with van der Waals surface area (Å²) in [5.41, 5.74) is 7.08. The van der Waals surface area contributed by atoms with Crippen molar-refractivity contribution in [3.8, 4) is 33.1 Å². The van der Waals surface area contributed by atoms with Gasteiger partial charge in [-0.05, 0) is 42.3 Å². The van der Waals surface area contributed by atoms with Gasteiger partial charge >= 0.3 is 0 Å². The predicted octanol–water partition coefficient (Wildman–Crippen LogP) is 1.85. The van der Waals surface area contributed by atoms with Crippen molar-refractivity contribution in [1.82, 2.24) is 4.98 Å². The largest absolute Gasteiger partial charge is 0.242 e. The maximum Gasteiger partial charge on any atom is 0.242 e. The molecule has 2 aromatic heterocycles. The first-order valence-corrected chi connectivity index (χ1v) is 12.5. The maximum atomic E-state index is 8.49. The summed E-state index contributed by atoms with van der Waals surface area (Å²) in [6, 6.07) is 34.1. The number of thiazole rings is 1. The van der Waals surface area contributed by atoms with Crippen LogP contribution in [0, 0.1) is 10.2 Å². The molecule has 0 unspecified atom stereocenters. The Morgan fingerprint density at radius 3 is 1.82 bits per heavy atom. The van der Waals surface area contributed by atoms with E-state index in [-0.39, 0.29) is 0 Å². The Bertz CT molecular complexity index is 1350. The number of rotatable bonds is 4.